The number of hydrogen-bond donors (Lipinski definition) is 1. The summed E-state index contributed by atoms with van der Waals surface area (Å²) in [6, 6.07) is 5.08. The molecule has 19 heavy (non-hydrogen) atoms. The Hall–Kier alpha value is -1.62. The van der Waals surface area contributed by atoms with E-state index in [1.165, 1.54) is 12.8 Å². The summed E-state index contributed by atoms with van der Waals surface area (Å²) in [5.41, 5.74) is 0.928. The molecular weight excluding hydrogens is 244 g/mol. The van der Waals surface area contributed by atoms with Crippen LogP contribution in [0.15, 0.2) is 18.2 Å². The Morgan fingerprint density at radius 1 is 1.53 bits per heavy atom. The van der Waals surface area contributed by atoms with Crippen molar-refractivity contribution in [2.45, 2.75) is 26.2 Å². The van der Waals surface area contributed by atoms with Crippen LogP contribution in [0, 0.1) is 23.0 Å². The molecule has 1 aliphatic heterocycles. The topological polar surface area (TPSA) is 64.4 Å². The molecule has 5 heteroatoms. The van der Waals surface area contributed by atoms with Gasteiger partial charge in [-0.2, -0.15) is 0 Å². The lowest BCUT2D eigenvalue weighted by molar-refractivity contribution is -0.385. The van der Waals surface area contributed by atoms with Gasteiger partial charge < -0.3 is 10.1 Å². The number of benzene rings is 1. The zero-order chi connectivity index (χ0) is 13.7. The van der Waals surface area contributed by atoms with E-state index in [9.17, 15) is 10.1 Å². The number of ether oxygens (including phenoxy) is 1. The average molecular weight is 264 g/mol. The lowest BCUT2D eigenvalue weighted by atomic mass is 9.97. The molecule has 1 saturated heterocycles. The maximum Gasteiger partial charge on any atom is 0.311 e. The van der Waals surface area contributed by atoms with Crippen molar-refractivity contribution in [1.29, 1.82) is 0 Å². The van der Waals surface area contributed by atoms with E-state index in [1.54, 1.807) is 12.1 Å². The Balaban J connectivity index is 1.89. The SMILES string of the molecule is Cc1ccc(OCC[C@H]2CCCNC2)c([N+](=O)[O-])c1. The van der Waals surface area contributed by atoms with Gasteiger partial charge in [0.25, 0.3) is 0 Å². The molecule has 1 heterocycles. The molecule has 1 atom stereocenters. The van der Waals surface area contributed by atoms with E-state index in [0.29, 0.717) is 18.3 Å². The fourth-order valence-corrected chi connectivity index (χ4v) is 2.40. The lowest BCUT2D eigenvalue weighted by Gasteiger charge is -2.22. The van der Waals surface area contributed by atoms with Crippen LogP contribution in [0.25, 0.3) is 0 Å². The maximum absolute atomic E-state index is 11.0. The van der Waals surface area contributed by atoms with Crippen LogP contribution in [-0.4, -0.2) is 24.6 Å². The van der Waals surface area contributed by atoms with Crippen molar-refractivity contribution in [1.82, 2.24) is 5.32 Å². The number of nitrogens with one attached hydrogen (secondary N) is 1. The van der Waals surface area contributed by atoms with Crippen molar-refractivity contribution in [3.05, 3.63) is 33.9 Å². The first-order valence-electron chi connectivity index (χ1n) is 6.75. The van der Waals surface area contributed by atoms with Crippen molar-refractivity contribution < 1.29 is 9.66 Å². The molecule has 5 nitrogen and oxygen atoms in total. The molecule has 2 rings (SSSR count). The number of rotatable bonds is 5. The van der Waals surface area contributed by atoms with Crippen molar-refractivity contribution in [2.75, 3.05) is 19.7 Å². The van der Waals surface area contributed by atoms with Crippen LogP contribution >= 0.6 is 0 Å². The molecule has 0 saturated carbocycles. The highest BCUT2D eigenvalue weighted by atomic mass is 16.6. The number of piperidine rings is 1. The Labute approximate surface area is 113 Å². The Morgan fingerprint density at radius 3 is 3.05 bits per heavy atom. The van der Waals surface area contributed by atoms with E-state index < -0.39 is 0 Å². The van der Waals surface area contributed by atoms with Gasteiger partial charge in [0.1, 0.15) is 0 Å². The highest BCUT2D eigenvalue weighted by Crippen LogP contribution is 2.28. The molecule has 104 valence electrons. The second kappa shape index (κ2) is 6.52. The van der Waals surface area contributed by atoms with Crippen molar-refractivity contribution >= 4 is 5.69 Å². The number of aryl methyl sites for hydroxylation is 1. The molecule has 0 aromatic heterocycles. The molecule has 0 radical (unpaired) electrons. The molecule has 0 amide bonds. The van der Waals surface area contributed by atoms with Crippen LogP contribution in [0.2, 0.25) is 0 Å². The minimum absolute atomic E-state index is 0.0572. The normalized spacial score (nSPS) is 19.1. The van der Waals surface area contributed by atoms with Crippen molar-refractivity contribution in [2.24, 2.45) is 5.92 Å². The van der Waals surface area contributed by atoms with Gasteiger partial charge >= 0.3 is 5.69 Å². The van der Waals surface area contributed by atoms with Crippen LogP contribution in [0.4, 0.5) is 5.69 Å². The predicted octanol–water partition coefficient (Wildman–Crippen LogP) is 2.67. The fraction of sp³-hybridized carbons (Fsp3) is 0.571. The van der Waals surface area contributed by atoms with Gasteiger partial charge in [-0.25, -0.2) is 0 Å². The molecule has 1 aromatic carbocycles. The molecule has 0 spiro atoms. The van der Waals surface area contributed by atoms with Gasteiger partial charge in [-0.05, 0) is 56.8 Å². The molecule has 0 unspecified atom stereocenters. The smallest absolute Gasteiger partial charge is 0.311 e. The number of nitrogens with zero attached hydrogens (tertiary/aromatic N) is 1. The zero-order valence-corrected chi connectivity index (χ0v) is 11.2. The highest BCUT2D eigenvalue weighted by Gasteiger charge is 2.17. The fourth-order valence-electron chi connectivity index (χ4n) is 2.40. The van der Waals surface area contributed by atoms with Gasteiger partial charge in [-0.3, -0.25) is 10.1 Å². The van der Waals surface area contributed by atoms with E-state index in [1.807, 2.05) is 13.0 Å². The van der Waals surface area contributed by atoms with E-state index in [0.717, 1.165) is 25.1 Å². The van der Waals surface area contributed by atoms with Crippen LogP contribution in [0.5, 0.6) is 5.75 Å². The molecular formula is C14H20N2O3. The van der Waals surface area contributed by atoms with E-state index in [2.05, 4.69) is 5.32 Å². The molecule has 1 fully saturated rings. The van der Waals surface area contributed by atoms with Crippen LogP contribution in [0.1, 0.15) is 24.8 Å². The van der Waals surface area contributed by atoms with E-state index in [-0.39, 0.29) is 10.6 Å². The Morgan fingerprint density at radius 2 is 2.37 bits per heavy atom. The summed E-state index contributed by atoms with van der Waals surface area (Å²) in [5.74, 6) is 0.998. The van der Waals surface area contributed by atoms with Crippen LogP contribution in [0.3, 0.4) is 0 Å². The highest BCUT2D eigenvalue weighted by molar-refractivity contribution is 5.48. The number of nitro groups is 1. The van der Waals surface area contributed by atoms with Gasteiger partial charge in [-0.15, -0.1) is 0 Å². The largest absolute Gasteiger partial charge is 0.487 e. The van der Waals surface area contributed by atoms with E-state index >= 15 is 0 Å². The van der Waals surface area contributed by atoms with Crippen LogP contribution < -0.4 is 10.1 Å². The molecule has 1 aliphatic rings. The number of hydrogen-bond acceptors (Lipinski definition) is 4. The molecule has 1 aromatic rings. The van der Waals surface area contributed by atoms with Gasteiger partial charge in [0.15, 0.2) is 5.75 Å². The van der Waals surface area contributed by atoms with Crippen molar-refractivity contribution in [3.8, 4) is 5.75 Å². The summed E-state index contributed by atoms with van der Waals surface area (Å²) in [7, 11) is 0. The summed E-state index contributed by atoms with van der Waals surface area (Å²) in [5, 5.41) is 14.3. The van der Waals surface area contributed by atoms with Crippen molar-refractivity contribution in [3.63, 3.8) is 0 Å². The Bertz CT molecular complexity index is 442. The van der Waals surface area contributed by atoms with Crippen LogP contribution in [-0.2, 0) is 0 Å². The summed E-state index contributed by atoms with van der Waals surface area (Å²) in [6.45, 7) is 4.50. The molecule has 0 bridgehead atoms. The third kappa shape index (κ3) is 3.92. The maximum atomic E-state index is 11.0. The average Bonchev–Trinajstić information content (AvgIpc) is 2.41. The first-order chi connectivity index (χ1) is 9.16. The number of nitro benzene ring substituents is 1. The van der Waals surface area contributed by atoms with Gasteiger partial charge in [0.05, 0.1) is 11.5 Å². The molecule has 1 N–H and O–H groups in total. The first kappa shape index (κ1) is 13.8. The summed E-state index contributed by atoms with van der Waals surface area (Å²) in [4.78, 5) is 10.6. The minimum Gasteiger partial charge on any atom is -0.487 e. The van der Waals surface area contributed by atoms with Gasteiger partial charge in [0, 0.05) is 6.07 Å². The second-order valence-electron chi connectivity index (χ2n) is 5.08. The second-order valence-corrected chi connectivity index (χ2v) is 5.08. The third-order valence-electron chi connectivity index (χ3n) is 3.49. The standard InChI is InChI=1S/C14H20N2O3/c1-11-4-5-14(13(9-11)16(17)18)19-8-6-12-3-2-7-15-10-12/h4-5,9,12,15H,2-3,6-8,10H2,1H3/t12-/m1/s1. The van der Waals surface area contributed by atoms with Gasteiger partial charge in [-0.1, -0.05) is 6.07 Å². The Kier molecular flexibility index (Phi) is 4.74. The first-order valence-corrected chi connectivity index (χ1v) is 6.75. The minimum atomic E-state index is -0.384. The zero-order valence-electron chi connectivity index (χ0n) is 11.2. The molecule has 0 aliphatic carbocycles. The summed E-state index contributed by atoms with van der Waals surface area (Å²) in [6.07, 6.45) is 3.36. The predicted molar refractivity (Wildman–Crippen MR) is 73.5 cm³/mol. The summed E-state index contributed by atoms with van der Waals surface area (Å²) < 4.78 is 5.59. The monoisotopic (exact) mass is 264 g/mol. The van der Waals surface area contributed by atoms with Gasteiger partial charge in [0.2, 0.25) is 0 Å². The lowest BCUT2D eigenvalue weighted by Crippen LogP contribution is -2.30. The quantitative estimate of drug-likeness (QED) is 0.656. The summed E-state index contributed by atoms with van der Waals surface area (Å²) >= 11 is 0. The third-order valence-corrected chi connectivity index (χ3v) is 3.49. The van der Waals surface area contributed by atoms with E-state index in [4.69, 9.17) is 4.74 Å².